The van der Waals surface area contributed by atoms with Crippen LogP contribution in [0.1, 0.15) is 11.3 Å². The third kappa shape index (κ3) is 1.98. The van der Waals surface area contributed by atoms with Gasteiger partial charge >= 0.3 is 0 Å². The highest BCUT2D eigenvalue weighted by molar-refractivity contribution is 6.30. The minimum absolute atomic E-state index is 0. The first-order valence-corrected chi connectivity index (χ1v) is 5.70. The lowest BCUT2D eigenvalue weighted by atomic mass is 9.89. The number of aromatic nitrogens is 2. The lowest BCUT2D eigenvalue weighted by molar-refractivity contribution is 0.880. The van der Waals surface area contributed by atoms with Crippen molar-refractivity contribution < 1.29 is 0 Å². The second-order valence-electron chi connectivity index (χ2n) is 4.07. The highest BCUT2D eigenvalue weighted by atomic mass is 35.5. The average Bonchev–Trinajstić information content (AvgIpc) is 2.27. The van der Waals surface area contributed by atoms with Gasteiger partial charge in [-0.25, -0.2) is 4.98 Å². The van der Waals surface area contributed by atoms with E-state index >= 15 is 0 Å². The molecule has 2 aromatic rings. The van der Waals surface area contributed by atoms with E-state index in [2.05, 4.69) is 9.97 Å². The fourth-order valence-electron chi connectivity index (χ4n) is 2.25. The van der Waals surface area contributed by atoms with Gasteiger partial charge in [0.15, 0.2) is 0 Å². The third-order valence-electron chi connectivity index (χ3n) is 2.99. The molecule has 1 aromatic carbocycles. The lowest BCUT2D eigenvalue weighted by Crippen LogP contribution is -2.20. The number of anilines is 1. The van der Waals surface area contributed by atoms with Gasteiger partial charge in [-0.2, -0.15) is 0 Å². The molecule has 0 radical (unpaired) electrons. The molecular weight excluding hydrogens is 273 g/mol. The number of benzene rings is 1. The molecule has 0 fully saturated rings. The summed E-state index contributed by atoms with van der Waals surface area (Å²) in [5.74, 6) is 0.166. The second-order valence-corrected chi connectivity index (χ2v) is 4.51. The molecule has 0 aliphatic heterocycles. The van der Waals surface area contributed by atoms with Crippen molar-refractivity contribution in [1.29, 1.82) is 0 Å². The quantitative estimate of drug-likeness (QED) is 0.779. The van der Waals surface area contributed by atoms with Gasteiger partial charge in [0, 0.05) is 5.02 Å². The number of rotatable bonds is 0. The lowest BCUT2D eigenvalue weighted by Gasteiger charge is -2.18. The van der Waals surface area contributed by atoms with Crippen molar-refractivity contribution >= 4 is 30.0 Å². The van der Waals surface area contributed by atoms with Crippen molar-refractivity contribution in [3.05, 3.63) is 44.8 Å². The Labute approximate surface area is 115 Å². The molecule has 0 atom stereocenters. The van der Waals surface area contributed by atoms with Gasteiger partial charge in [-0.15, -0.1) is 12.4 Å². The van der Waals surface area contributed by atoms with Crippen LogP contribution in [0.3, 0.4) is 0 Å². The normalized spacial score (nSPS) is 12.3. The molecule has 3 N–H and O–H groups in total. The summed E-state index contributed by atoms with van der Waals surface area (Å²) < 4.78 is 0. The smallest absolute Gasteiger partial charge is 0.260 e. The first-order chi connectivity index (χ1) is 8.15. The molecule has 18 heavy (non-hydrogen) atoms. The first-order valence-electron chi connectivity index (χ1n) is 5.32. The number of H-pyrrole nitrogens is 1. The Bertz CT molecular complexity index is 667. The van der Waals surface area contributed by atoms with Crippen molar-refractivity contribution in [2.75, 3.05) is 5.73 Å². The highest BCUT2D eigenvalue weighted by Gasteiger charge is 2.20. The summed E-state index contributed by atoms with van der Waals surface area (Å²) in [5.41, 5.74) is 8.68. The van der Waals surface area contributed by atoms with Gasteiger partial charge in [0.25, 0.3) is 5.56 Å². The topological polar surface area (TPSA) is 71.8 Å². The molecule has 1 aromatic heterocycles. The van der Waals surface area contributed by atoms with Crippen LogP contribution in [0.25, 0.3) is 11.1 Å². The standard InChI is InChI=1S/C12H10ClN3O.ClH/c13-7-3-1-6-2-4-9-10(8(6)5-7)11(17)16-12(14)15-9;/h1,3,5H,2,4H2,(H3,14,15,16,17);1H. The van der Waals surface area contributed by atoms with E-state index in [1.54, 1.807) is 0 Å². The summed E-state index contributed by atoms with van der Waals surface area (Å²) in [7, 11) is 0. The zero-order valence-corrected chi connectivity index (χ0v) is 10.9. The van der Waals surface area contributed by atoms with Gasteiger partial charge in [0.1, 0.15) is 0 Å². The number of fused-ring (bicyclic) bond motifs is 3. The summed E-state index contributed by atoms with van der Waals surface area (Å²) in [5, 5.41) is 0.618. The fraction of sp³-hybridized carbons (Fsp3) is 0.167. The predicted octanol–water partition coefficient (Wildman–Crippen LogP) is 2.19. The van der Waals surface area contributed by atoms with Crippen LogP contribution in [-0.2, 0) is 12.8 Å². The van der Waals surface area contributed by atoms with E-state index in [-0.39, 0.29) is 23.9 Å². The zero-order chi connectivity index (χ0) is 12.0. The largest absolute Gasteiger partial charge is 0.369 e. The summed E-state index contributed by atoms with van der Waals surface area (Å²) in [4.78, 5) is 18.6. The Balaban J connectivity index is 0.00000120. The zero-order valence-electron chi connectivity index (χ0n) is 9.37. The number of hydrogen-bond acceptors (Lipinski definition) is 3. The van der Waals surface area contributed by atoms with E-state index in [0.29, 0.717) is 10.6 Å². The number of aromatic amines is 1. The summed E-state index contributed by atoms with van der Waals surface area (Å²) in [6.45, 7) is 0. The van der Waals surface area contributed by atoms with E-state index in [0.717, 1.165) is 29.7 Å². The maximum atomic E-state index is 11.9. The summed E-state index contributed by atoms with van der Waals surface area (Å²) in [6.07, 6.45) is 1.59. The molecule has 0 bridgehead atoms. The number of nitrogens with zero attached hydrogens (tertiary/aromatic N) is 1. The molecule has 1 heterocycles. The molecule has 3 rings (SSSR count). The van der Waals surface area contributed by atoms with E-state index < -0.39 is 0 Å². The Morgan fingerprint density at radius 2 is 2.11 bits per heavy atom. The van der Waals surface area contributed by atoms with Crippen molar-refractivity contribution in [3.63, 3.8) is 0 Å². The van der Waals surface area contributed by atoms with Crippen LogP contribution in [-0.4, -0.2) is 9.97 Å². The van der Waals surface area contributed by atoms with E-state index in [4.69, 9.17) is 17.3 Å². The van der Waals surface area contributed by atoms with Crippen molar-refractivity contribution in [3.8, 4) is 11.1 Å². The number of nitrogens with two attached hydrogens (primary N) is 1. The molecular formula is C12H11Cl2N3O. The first kappa shape index (κ1) is 12.9. The fourth-order valence-corrected chi connectivity index (χ4v) is 2.42. The van der Waals surface area contributed by atoms with Gasteiger partial charge in [-0.3, -0.25) is 9.78 Å². The molecule has 94 valence electrons. The van der Waals surface area contributed by atoms with Crippen molar-refractivity contribution in [1.82, 2.24) is 9.97 Å². The molecule has 0 saturated carbocycles. The molecule has 0 amide bonds. The van der Waals surface area contributed by atoms with Crippen LogP contribution in [0, 0.1) is 0 Å². The number of nitrogen functional groups attached to an aromatic ring is 1. The second kappa shape index (κ2) is 4.63. The molecule has 0 saturated heterocycles. The Morgan fingerprint density at radius 1 is 1.33 bits per heavy atom. The van der Waals surface area contributed by atoms with Crippen LogP contribution in [0.5, 0.6) is 0 Å². The Hall–Kier alpha value is -1.52. The molecule has 1 aliphatic carbocycles. The van der Waals surface area contributed by atoms with Crippen molar-refractivity contribution in [2.24, 2.45) is 0 Å². The van der Waals surface area contributed by atoms with E-state index in [1.165, 1.54) is 0 Å². The maximum absolute atomic E-state index is 11.9. The van der Waals surface area contributed by atoms with Crippen LogP contribution >= 0.6 is 24.0 Å². The van der Waals surface area contributed by atoms with E-state index in [1.807, 2.05) is 18.2 Å². The van der Waals surface area contributed by atoms with Crippen LogP contribution < -0.4 is 11.3 Å². The number of hydrogen-bond donors (Lipinski definition) is 2. The van der Waals surface area contributed by atoms with Crippen LogP contribution in [0.4, 0.5) is 5.95 Å². The average molecular weight is 284 g/mol. The predicted molar refractivity (Wildman–Crippen MR) is 74.4 cm³/mol. The third-order valence-corrected chi connectivity index (χ3v) is 3.22. The van der Waals surface area contributed by atoms with Gasteiger partial charge < -0.3 is 5.73 Å². The number of aryl methyl sites for hydroxylation is 2. The van der Waals surface area contributed by atoms with Gasteiger partial charge in [-0.05, 0) is 36.1 Å². The van der Waals surface area contributed by atoms with Crippen LogP contribution in [0.15, 0.2) is 23.0 Å². The molecule has 0 spiro atoms. The van der Waals surface area contributed by atoms with Gasteiger partial charge in [0.2, 0.25) is 5.95 Å². The van der Waals surface area contributed by atoms with Gasteiger partial charge in [0.05, 0.1) is 11.3 Å². The monoisotopic (exact) mass is 283 g/mol. The molecule has 4 nitrogen and oxygen atoms in total. The number of halogens is 2. The Morgan fingerprint density at radius 3 is 2.89 bits per heavy atom. The summed E-state index contributed by atoms with van der Waals surface area (Å²) in [6, 6.07) is 5.60. The SMILES string of the molecule is Cl.Nc1nc2c(c(=O)[nH]1)-c1cc(Cl)ccc1CC2. The van der Waals surface area contributed by atoms with Crippen molar-refractivity contribution in [2.45, 2.75) is 12.8 Å². The molecule has 1 aliphatic rings. The summed E-state index contributed by atoms with van der Waals surface area (Å²) >= 11 is 5.97. The Kier molecular flexibility index (Phi) is 3.32. The van der Waals surface area contributed by atoms with Gasteiger partial charge in [-0.1, -0.05) is 17.7 Å². The minimum Gasteiger partial charge on any atom is -0.369 e. The molecule has 0 unspecified atom stereocenters. The van der Waals surface area contributed by atoms with E-state index in [9.17, 15) is 4.79 Å². The highest BCUT2D eigenvalue weighted by Crippen LogP contribution is 2.31. The molecule has 6 heteroatoms. The minimum atomic E-state index is -0.198. The van der Waals surface area contributed by atoms with Crippen LogP contribution in [0.2, 0.25) is 5.02 Å². The maximum Gasteiger partial charge on any atom is 0.260 e. The number of nitrogens with one attached hydrogen (secondary N) is 1.